The van der Waals surface area contributed by atoms with Gasteiger partial charge < -0.3 is 0 Å². The lowest BCUT2D eigenvalue weighted by molar-refractivity contribution is 0.462. The predicted octanol–water partition coefficient (Wildman–Crippen LogP) is 3.35. The largest absolute Gasteiger partial charge is 0.281 e. The van der Waals surface area contributed by atoms with Crippen molar-refractivity contribution in [2.45, 2.75) is 11.4 Å². The first-order chi connectivity index (χ1) is 14.0. The van der Waals surface area contributed by atoms with Crippen molar-refractivity contribution in [3.05, 3.63) is 84.8 Å². The van der Waals surface area contributed by atoms with Crippen LogP contribution in [0.4, 0.5) is 0 Å². The molecule has 0 saturated carbocycles. The van der Waals surface area contributed by atoms with E-state index in [1.54, 1.807) is 43.7 Å². The Balaban J connectivity index is 1.56. The third kappa shape index (κ3) is 4.08. The minimum absolute atomic E-state index is 0.184. The van der Waals surface area contributed by atoms with Crippen LogP contribution in [0, 0.1) is 0 Å². The van der Waals surface area contributed by atoms with Crippen LogP contribution >= 0.6 is 0 Å². The van der Waals surface area contributed by atoms with E-state index in [-0.39, 0.29) is 11.4 Å². The maximum Gasteiger partial charge on any atom is 0.243 e. The van der Waals surface area contributed by atoms with Crippen LogP contribution in [-0.2, 0) is 16.6 Å². The standard InChI is InChI=1S/C21H19N5O2S/c1-26(15-19-13-21(25-24-19)16-6-3-2-4-7-16)29(27,28)20-9-5-8-17(12-20)18-10-11-22-23-14-18/h2-14H,15H2,1H3,(H,24,25). The number of rotatable bonds is 6. The number of nitrogens with one attached hydrogen (secondary N) is 1. The molecule has 4 aromatic rings. The molecule has 0 atom stereocenters. The highest BCUT2D eigenvalue weighted by molar-refractivity contribution is 7.89. The van der Waals surface area contributed by atoms with Crippen LogP contribution in [0.1, 0.15) is 5.69 Å². The number of nitrogens with zero attached hydrogens (tertiary/aromatic N) is 4. The molecular formula is C21H19N5O2S. The number of hydrogen-bond donors (Lipinski definition) is 1. The first-order valence-corrected chi connectivity index (χ1v) is 10.4. The number of H-pyrrole nitrogens is 1. The molecule has 0 unspecified atom stereocenters. The van der Waals surface area contributed by atoms with Gasteiger partial charge in [0.1, 0.15) is 0 Å². The Hall–Kier alpha value is -3.36. The van der Waals surface area contributed by atoms with E-state index in [1.807, 2.05) is 42.5 Å². The van der Waals surface area contributed by atoms with Crippen LogP contribution < -0.4 is 0 Å². The summed E-state index contributed by atoms with van der Waals surface area (Å²) in [5.41, 5.74) is 4.03. The molecule has 4 rings (SSSR count). The van der Waals surface area contributed by atoms with Gasteiger partial charge in [0, 0.05) is 18.2 Å². The van der Waals surface area contributed by atoms with Crippen molar-refractivity contribution in [2.75, 3.05) is 7.05 Å². The number of sulfonamides is 1. The summed E-state index contributed by atoms with van der Waals surface area (Å²) in [4.78, 5) is 0.220. The fourth-order valence-electron chi connectivity index (χ4n) is 3.00. The van der Waals surface area contributed by atoms with Crippen molar-refractivity contribution in [1.82, 2.24) is 24.7 Å². The van der Waals surface area contributed by atoms with Crippen molar-refractivity contribution in [2.24, 2.45) is 0 Å². The summed E-state index contributed by atoms with van der Waals surface area (Å²) in [5, 5.41) is 14.8. The van der Waals surface area contributed by atoms with Crippen molar-refractivity contribution >= 4 is 10.0 Å². The lowest BCUT2D eigenvalue weighted by Gasteiger charge is -2.17. The lowest BCUT2D eigenvalue weighted by atomic mass is 10.1. The molecule has 2 heterocycles. The van der Waals surface area contributed by atoms with E-state index >= 15 is 0 Å². The summed E-state index contributed by atoms with van der Waals surface area (Å²) in [7, 11) is -2.12. The van der Waals surface area contributed by atoms with Gasteiger partial charge in [-0.25, -0.2) is 8.42 Å². The number of aromatic amines is 1. The monoisotopic (exact) mass is 405 g/mol. The highest BCUT2D eigenvalue weighted by Crippen LogP contribution is 2.24. The first kappa shape index (κ1) is 19.0. The van der Waals surface area contributed by atoms with Gasteiger partial charge in [-0.2, -0.15) is 19.6 Å². The second kappa shape index (κ2) is 7.94. The molecule has 0 amide bonds. The van der Waals surface area contributed by atoms with Gasteiger partial charge in [0.15, 0.2) is 0 Å². The molecule has 7 nitrogen and oxygen atoms in total. The molecule has 1 N–H and O–H groups in total. The van der Waals surface area contributed by atoms with E-state index in [1.165, 1.54) is 4.31 Å². The lowest BCUT2D eigenvalue weighted by Crippen LogP contribution is -2.26. The van der Waals surface area contributed by atoms with Crippen molar-refractivity contribution < 1.29 is 8.42 Å². The molecule has 0 aliphatic rings. The summed E-state index contributed by atoms with van der Waals surface area (Å²) in [6, 6.07) is 20.2. The second-order valence-corrected chi connectivity index (χ2v) is 8.61. The molecule has 0 aliphatic heterocycles. The van der Waals surface area contributed by atoms with Gasteiger partial charge in [0.25, 0.3) is 0 Å². The molecule has 0 saturated heterocycles. The Kier molecular flexibility index (Phi) is 5.20. The number of benzene rings is 2. The molecule has 0 radical (unpaired) electrons. The summed E-state index contributed by atoms with van der Waals surface area (Å²) >= 11 is 0. The second-order valence-electron chi connectivity index (χ2n) is 6.56. The van der Waals surface area contributed by atoms with E-state index in [4.69, 9.17) is 0 Å². The molecule has 8 heteroatoms. The molecule has 29 heavy (non-hydrogen) atoms. The molecule has 0 aliphatic carbocycles. The summed E-state index contributed by atoms with van der Waals surface area (Å²) in [6.07, 6.45) is 3.18. The third-order valence-corrected chi connectivity index (χ3v) is 6.35. The Bertz CT molecular complexity index is 1210. The van der Waals surface area contributed by atoms with Gasteiger partial charge in [-0.05, 0) is 29.8 Å². The van der Waals surface area contributed by atoms with E-state index in [0.29, 0.717) is 5.69 Å². The Labute approximate surface area is 169 Å². The fourth-order valence-corrected chi connectivity index (χ4v) is 4.20. The van der Waals surface area contributed by atoms with E-state index in [9.17, 15) is 8.42 Å². The summed E-state index contributed by atoms with van der Waals surface area (Å²) in [6.45, 7) is 0.184. The number of aromatic nitrogens is 4. The average molecular weight is 405 g/mol. The zero-order valence-electron chi connectivity index (χ0n) is 15.7. The molecule has 146 valence electrons. The topological polar surface area (TPSA) is 91.8 Å². The first-order valence-electron chi connectivity index (χ1n) is 8.97. The van der Waals surface area contributed by atoms with Crippen LogP contribution in [0.25, 0.3) is 22.4 Å². The van der Waals surface area contributed by atoms with Crippen LogP contribution in [-0.4, -0.2) is 40.2 Å². The van der Waals surface area contributed by atoms with Gasteiger partial charge >= 0.3 is 0 Å². The van der Waals surface area contributed by atoms with E-state index < -0.39 is 10.0 Å². The van der Waals surface area contributed by atoms with Crippen molar-refractivity contribution in [3.8, 4) is 22.4 Å². The van der Waals surface area contributed by atoms with Gasteiger partial charge in [-0.15, -0.1) is 0 Å². The average Bonchev–Trinajstić information content (AvgIpc) is 3.23. The van der Waals surface area contributed by atoms with Crippen LogP contribution in [0.15, 0.2) is 84.0 Å². The predicted molar refractivity (Wildman–Crippen MR) is 110 cm³/mol. The van der Waals surface area contributed by atoms with Crippen LogP contribution in [0.5, 0.6) is 0 Å². The highest BCUT2D eigenvalue weighted by Gasteiger charge is 2.22. The maximum atomic E-state index is 13.1. The SMILES string of the molecule is CN(Cc1cc(-c2ccccc2)n[nH]1)S(=O)(=O)c1cccc(-c2ccnnc2)c1. The molecule has 0 spiro atoms. The van der Waals surface area contributed by atoms with E-state index in [2.05, 4.69) is 20.4 Å². The normalized spacial score (nSPS) is 11.7. The summed E-state index contributed by atoms with van der Waals surface area (Å²) < 4.78 is 27.4. The molecule has 2 aromatic heterocycles. The minimum Gasteiger partial charge on any atom is -0.281 e. The Morgan fingerprint density at radius 3 is 2.45 bits per heavy atom. The summed E-state index contributed by atoms with van der Waals surface area (Å²) in [5.74, 6) is 0. The zero-order chi connectivity index (χ0) is 20.3. The van der Waals surface area contributed by atoms with Gasteiger partial charge in [-0.3, -0.25) is 5.10 Å². The highest BCUT2D eigenvalue weighted by atomic mass is 32.2. The minimum atomic E-state index is -3.67. The van der Waals surface area contributed by atoms with E-state index in [0.717, 1.165) is 22.4 Å². The number of hydrogen-bond acceptors (Lipinski definition) is 5. The quantitative estimate of drug-likeness (QED) is 0.531. The van der Waals surface area contributed by atoms with Gasteiger partial charge in [0.2, 0.25) is 10.0 Å². The van der Waals surface area contributed by atoms with Crippen molar-refractivity contribution in [3.63, 3.8) is 0 Å². The third-order valence-electron chi connectivity index (χ3n) is 4.55. The molecular weight excluding hydrogens is 386 g/mol. The van der Waals surface area contributed by atoms with Crippen molar-refractivity contribution in [1.29, 1.82) is 0 Å². The zero-order valence-corrected chi connectivity index (χ0v) is 16.5. The molecule has 0 bridgehead atoms. The smallest absolute Gasteiger partial charge is 0.243 e. The maximum absolute atomic E-state index is 13.1. The Morgan fingerprint density at radius 2 is 1.69 bits per heavy atom. The fraction of sp³-hybridized carbons (Fsp3) is 0.0952. The van der Waals surface area contributed by atoms with Crippen LogP contribution in [0.3, 0.4) is 0 Å². The van der Waals surface area contributed by atoms with Gasteiger partial charge in [-0.1, -0.05) is 42.5 Å². The molecule has 2 aromatic carbocycles. The molecule has 0 fully saturated rings. The van der Waals surface area contributed by atoms with Crippen LogP contribution in [0.2, 0.25) is 0 Å². The van der Waals surface area contributed by atoms with Gasteiger partial charge in [0.05, 0.1) is 35.2 Å². The Morgan fingerprint density at radius 1 is 0.897 bits per heavy atom.